The molecule has 1 aromatic heterocycles. The molecule has 6 nitrogen and oxygen atoms in total. The van der Waals surface area contributed by atoms with Crippen LogP contribution in [0.5, 0.6) is 0 Å². The van der Waals surface area contributed by atoms with Gasteiger partial charge < -0.3 is 15.0 Å². The summed E-state index contributed by atoms with van der Waals surface area (Å²) in [4.78, 5) is 14.9. The molecule has 0 aliphatic carbocycles. The fourth-order valence-corrected chi connectivity index (χ4v) is 3.36. The summed E-state index contributed by atoms with van der Waals surface area (Å²) in [5.41, 5.74) is 3.23. The first kappa shape index (κ1) is 19.5. The molecule has 1 N–H and O–H groups in total. The molecule has 1 saturated heterocycles. The molecule has 1 aliphatic heterocycles. The molecule has 0 unspecified atom stereocenters. The van der Waals surface area contributed by atoms with E-state index in [0.29, 0.717) is 18.1 Å². The number of ether oxygens (including phenoxy) is 1. The van der Waals surface area contributed by atoms with Crippen LogP contribution in [0.15, 0.2) is 36.4 Å². The highest BCUT2D eigenvalue weighted by molar-refractivity contribution is 5.95. The maximum absolute atomic E-state index is 12.8. The van der Waals surface area contributed by atoms with Gasteiger partial charge in [-0.25, -0.2) is 0 Å². The van der Waals surface area contributed by atoms with Gasteiger partial charge in [0.1, 0.15) is 0 Å². The summed E-state index contributed by atoms with van der Waals surface area (Å²) < 4.78 is 5.77. The number of hydrogen-bond donors (Lipinski definition) is 1. The molecule has 27 heavy (non-hydrogen) atoms. The summed E-state index contributed by atoms with van der Waals surface area (Å²) in [6, 6.07) is 11.4. The van der Waals surface area contributed by atoms with Gasteiger partial charge in [0.2, 0.25) is 0 Å². The van der Waals surface area contributed by atoms with Gasteiger partial charge in [-0.15, -0.1) is 0 Å². The van der Waals surface area contributed by atoms with Crippen LogP contribution in [0.1, 0.15) is 42.7 Å². The second kappa shape index (κ2) is 8.59. The van der Waals surface area contributed by atoms with Crippen molar-refractivity contribution in [1.82, 2.24) is 20.4 Å². The third-order valence-corrected chi connectivity index (χ3v) is 4.84. The highest BCUT2D eigenvalue weighted by Crippen LogP contribution is 2.20. The lowest BCUT2D eigenvalue weighted by Crippen LogP contribution is -2.44. The van der Waals surface area contributed by atoms with E-state index in [9.17, 15) is 4.79 Å². The topological polar surface area (TPSA) is 67.3 Å². The van der Waals surface area contributed by atoms with Gasteiger partial charge >= 0.3 is 0 Å². The van der Waals surface area contributed by atoms with Crippen LogP contribution in [0.2, 0.25) is 0 Å². The van der Waals surface area contributed by atoms with Crippen LogP contribution >= 0.6 is 0 Å². The number of amides is 1. The molecule has 1 amide bonds. The summed E-state index contributed by atoms with van der Waals surface area (Å²) in [6.07, 6.45) is 0.0292. The summed E-state index contributed by atoms with van der Waals surface area (Å²) in [5, 5.41) is 11.7. The Morgan fingerprint density at radius 1 is 1.26 bits per heavy atom. The van der Waals surface area contributed by atoms with Crippen LogP contribution in [0, 0.1) is 0 Å². The van der Waals surface area contributed by atoms with Gasteiger partial charge in [-0.1, -0.05) is 26.0 Å². The average Bonchev–Trinajstić information content (AvgIpc) is 3.01. The lowest BCUT2D eigenvalue weighted by atomic mass is 10.1. The van der Waals surface area contributed by atoms with E-state index in [4.69, 9.17) is 4.74 Å². The van der Waals surface area contributed by atoms with E-state index < -0.39 is 0 Å². The van der Waals surface area contributed by atoms with Crippen molar-refractivity contribution in [2.45, 2.75) is 38.8 Å². The van der Waals surface area contributed by atoms with Crippen LogP contribution in [0.3, 0.4) is 0 Å². The molecule has 0 spiro atoms. The Morgan fingerprint density at radius 3 is 2.74 bits per heavy atom. The minimum atomic E-state index is -0.0892. The molecular formula is C21H28N4O2. The van der Waals surface area contributed by atoms with Crippen LogP contribution < -0.4 is 5.32 Å². The van der Waals surface area contributed by atoms with Gasteiger partial charge in [-0.2, -0.15) is 10.2 Å². The summed E-state index contributed by atoms with van der Waals surface area (Å²) in [7, 11) is 2.04. The zero-order valence-electron chi connectivity index (χ0n) is 16.5. The number of aromatic nitrogens is 2. The molecular weight excluding hydrogens is 340 g/mol. The van der Waals surface area contributed by atoms with Gasteiger partial charge in [0.15, 0.2) is 0 Å². The van der Waals surface area contributed by atoms with Gasteiger partial charge in [-0.05, 0) is 44.2 Å². The Labute approximate surface area is 160 Å². The molecule has 144 valence electrons. The summed E-state index contributed by atoms with van der Waals surface area (Å²) in [5.74, 6) is 0.250. The SMILES string of the molecule is CCO[C@H]1CN(C)C[C@@H]1NC(=O)c1cccc(-c2ccc(C(C)C)nn2)c1. The van der Waals surface area contributed by atoms with E-state index in [1.165, 1.54) is 0 Å². The smallest absolute Gasteiger partial charge is 0.251 e. The molecule has 0 radical (unpaired) electrons. The Balaban J connectivity index is 1.73. The lowest BCUT2D eigenvalue weighted by Gasteiger charge is -2.20. The van der Waals surface area contributed by atoms with E-state index in [0.717, 1.165) is 30.0 Å². The normalized spacial score (nSPS) is 20.2. The molecule has 2 heterocycles. The van der Waals surface area contributed by atoms with Gasteiger partial charge in [-0.3, -0.25) is 4.79 Å². The van der Waals surface area contributed by atoms with Crippen molar-refractivity contribution in [3.63, 3.8) is 0 Å². The van der Waals surface area contributed by atoms with E-state index in [-0.39, 0.29) is 18.1 Å². The minimum absolute atomic E-state index is 0.00350. The summed E-state index contributed by atoms with van der Waals surface area (Å²) >= 11 is 0. The second-order valence-corrected chi connectivity index (χ2v) is 7.37. The first-order chi connectivity index (χ1) is 13.0. The molecule has 2 atom stereocenters. The van der Waals surface area contributed by atoms with Crippen molar-refractivity contribution in [1.29, 1.82) is 0 Å². The van der Waals surface area contributed by atoms with Crippen molar-refractivity contribution in [3.8, 4) is 11.3 Å². The number of likely N-dealkylation sites (N-methyl/N-ethyl adjacent to an activating group) is 1. The average molecular weight is 368 g/mol. The number of carbonyl (C=O) groups is 1. The van der Waals surface area contributed by atoms with Crippen LogP contribution in [-0.4, -0.2) is 59.9 Å². The quantitative estimate of drug-likeness (QED) is 0.849. The van der Waals surface area contributed by atoms with Crippen LogP contribution in [0.25, 0.3) is 11.3 Å². The predicted octanol–water partition coefficient (Wildman–Crippen LogP) is 2.72. The first-order valence-corrected chi connectivity index (χ1v) is 9.53. The Bertz CT molecular complexity index is 776. The Kier molecular flexibility index (Phi) is 6.19. The van der Waals surface area contributed by atoms with E-state index in [1.54, 1.807) is 0 Å². The Morgan fingerprint density at radius 2 is 2.07 bits per heavy atom. The van der Waals surface area contributed by atoms with Gasteiger partial charge in [0, 0.05) is 30.8 Å². The number of carbonyl (C=O) groups excluding carboxylic acids is 1. The van der Waals surface area contributed by atoms with Gasteiger partial charge in [0.25, 0.3) is 5.91 Å². The number of nitrogens with one attached hydrogen (secondary N) is 1. The second-order valence-electron chi connectivity index (χ2n) is 7.37. The maximum atomic E-state index is 12.8. The number of nitrogens with zero attached hydrogens (tertiary/aromatic N) is 3. The molecule has 6 heteroatoms. The molecule has 2 aromatic rings. The molecule has 0 bridgehead atoms. The highest BCUT2D eigenvalue weighted by atomic mass is 16.5. The standard InChI is InChI=1S/C21H28N4O2/c1-5-27-20-13-25(4)12-19(20)22-21(26)16-8-6-7-15(11-16)18-10-9-17(14(2)3)23-24-18/h6-11,14,19-20H,5,12-13H2,1-4H3,(H,22,26)/t19-,20-/m0/s1. The molecule has 1 fully saturated rings. The van der Waals surface area contributed by atoms with Crippen molar-refractivity contribution < 1.29 is 9.53 Å². The molecule has 1 aromatic carbocycles. The molecule has 0 saturated carbocycles. The third-order valence-electron chi connectivity index (χ3n) is 4.84. The fraction of sp³-hybridized carbons (Fsp3) is 0.476. The Hall–Kier alpha value is -2.31. The lowest BCUT2D eigenvalue weighted by molar-refractivity contribution is 0.0513. The van der Waals surface area contributed by atoms with Crippen LogP contribution in [0.4, 0.5) is 0 Å². The molecule has 1 aliphatic rings. The monoisotopic (exact) mass is 368 g/mol. The van der Waals surface area contributed by atoms with Crippen LogP contribution in [-0.2, 0) is 4.74 Å². The zero-order chi connectivity index (χ0) is 19.4. The van der Waals surface area contributed by atoms with E-state index in [2.05, 4.69) is 34.3 Å². The third kappa shape index (κ3) is 4.70. The van der Waals surface area contributed by atoms with Crippen molar-refractivity contribution in [3.05, 3.63) is 47.7 Å². The van der Waals surface area contributed by atoms with E-state index in [1.807, 2.05) is 50.4 Å². The van der Waals surface area contributed by atoms with Crippen molar-refractivity contribution >= 4 is 5.91 Å². The number of rotatable bonds is 6. The predicted molar refractivity (Wildman–Crippen MR) is 106 cm³/mol. The zero-order valence-corrected chi connectivity index (χ0v) is 16.5. The first-order valence-electron chi connectivity index (χ1n) is 9.53. The van der Waals surface area contributed by atoms with E-state index >= 15 is 0 Å². The molecule has 3 rings (SSSR count). The van der Waals surface area contributed by atoms with Crippen molar-refractivity contribution in [2.75, 3.05) is 26.7 Å². The minimum Gasteiger partial charge on any atom is -0.375 e. The van der Waals surface area contributed by atoms with Crippen molar-refractivity contribution in [2.24, 2.45) is 0 Å². The number of hydrogen-bond acceptors (Lipinski definition) is 5. The fourth-order valence-electron chi connectivity index (χ4n) is 3.36. The largest absolute Gasteiger partial charge is 0.375 e. The number of benzene rings is 1. The van der Waals surface area contributed by atoms with Gasteiger partial charge in [0.05, 0.1) is 23.5 Å². The maximum Gasteiger partial charge on any atom is 0.251 e. The number of likely N-dealkylation sites (tertiary alicyclic amines) is 1. The highest BCUT2D eigenvalue weighted by Gasteiger charge is 2.32. The summed E-state index contributed by atoms with van der Waals surface area (Å²) in [6.45, 7) is 8.42.